The first kappa shape index (κ1) is 22.2. The Morgan fingerprint density at radius 2 is 2.12 bits per heavy atom. The number of carbonyl (C=O) groups is 1. The zero-order valence-electron chi connectivity index (χ0n) is 19.1. The molecule has 0 aliphatic carbocycles. The molecule has 178 valence electrons. The quantitative estimate of drug-likeness (QED) is 0.349. The molecule has 0 spiro atoms. The minimum absolute atomic E-state index is 0.0961. The van der Waals surface area contributed by atoms with Crippen LogP contribution >= 0.6 is 0 Å². The van der Waals surface area contributed by atoms with Gasteiger partial charge in [0.1, 0.15) is 17.7 Å². The summed E-state index contributed by atoms with van der Waals surface area (Å²) in [7, 11) is 0. The number of fused-ring (bicyclic) bond motifs is 2. The first-order chi connectivity index (χ1) is 16.2. The van der Waals surface area contributed by atoms with Gasteiger partial charge in [0.15, 0.2) is 11.5 Å². The van der Waals surface area contributed by atoms with Crippen LogP contribution in [0.4, 0.5) is 5.82 Å². The molecule has 1 saturated heterocycles. The second-order valence-electron chi connectivity index (χ2n) is 9.29. The van der Waals surface area contributed by atoms with Crippen molar-refractivity contribution in [1.29, 1.82) is 0 Å². The van der Waals surface area contributed by atoms with E-state index in [4.69, 9.17) is 5.73 Å². The Bertz CT molecular complexity index is 1360. The van der Waals surface area contributed by atoms with Crippen molar-refractivity contribution in [3.8, 4) is 0 Å². The Kier molecular flexibility index (Phi) is 5.45. The highest BCUT2D eigenvalue weighted by Crippen LogP contribution is 2.34. The van der Waals surface area contributed by atoms with E-state index in [1.807, 2.05) is 25.1 Å². The van der Waals surface area contributed by atoms with Crippen LogP contribution in [0.15, 0.2) is 30.9 Å². The largest absolute Gasteiger partial charge is 0.391 e. The van der Waals surface area contributed by atoms with Gasteiger partial charge in [-0.3, -0.25) is 4.79 Å². The molecule has 3 atom stereocenters. The van der Waals surface area contributed by atoms with Gasteiger partial charge in [-0.1, -0.05) is 6.07 Å². The fourth-order valence-corrected chi connectivity index (χ4v) is 4.85. The van der Waals surface area contributed by atoms with Gasteiger partial charge in [-0.25, -0.2) is 19.9 Å². The summed E-state index contributed by atoms with van der Waals surface area (Å²) in [6.45, 7) is 3.92. The molecule has 5 N–H and O–H groups in total. The first-order valence-electron chi connectivity index (χ1n) is 11.3. The van der Waals surface area contributed by atoms with E-state index >= 15 is 0 Å². The summed E-state index contributed by atoms with van der Waals surface area (Å²) in [4.78, 5) is 35.0. The molecule has 1 fully saturated rings. The van der Waals surface area contributed by atoms with E-state index < -0.39 is 17.7 Å². The number of likely N-dealkylation sites (tertiary alicyclic amines) is 1. The van der Waals surface area contributed by atoms with Crippen molar-refractivity contribution in [3.05, 3.63) is 42.2 Å². The normalized spacial score (nSPS) is 23.5. The van der Waals surface area contributed by atoms with Gasteiger partial charge in [0.05, 0.1) is 35.1 Å². The SMILES string of the molecule is Cc1nc2ccc(CCC(=O)N3C[C@H](O)C[C@](C)(O)[C@@H](n4cnc5c(N)ncnc54)C3)cc2[nH]1. The molecule has 11 nitrogen and oxygen atoms in total. The fourth-order valence-electron chi connectivity index (χ4n) is 4.85. The molecule has 0 saturated carbocycles. The Labute approximate surface area is 195 Å². The summed E-state index contributed by atoms with van der Waals surface area (Å²) in [5, 5.41) is 21.9. The number of nitrogens with zero attached hydrogens (tertiary/aromatic N) is 6. The molecular formula is C23H28N8O3. The highest BCUT2D eigenvalue weighted by molar-refractivity contribution is 5.81. The average molecular weight is 465 g/mol. The molecule has 4 aromatic rings. The van der Waals surface area contributed by atoms with Crippen molar-refractivity contribution in [3.63, 3.8) is 0 Å². The van der Waals surface area contributed by atoms with Crippen LogP contribution in [0.25, 0.3) is 22.2 Å². The molecule has 0 unspecified atom stereocenters. The van der Waals surface area contributed by atoms with Gasteiger partial charge in [0.25, 0.3) is 0 Å². The number of aliphatic hydroxyl groups is 2. The molecule has 1 aliphatic heterocycles. The number of nitrogens with two attached hydrogens (primary N) is 1. The van der Waals surface area contributed by atoms with Crippen molar-refractivity contribution >= 4 is 33.9 Å². The number of carbonyl (C=O) groups excluding carboxylic acids is 1. The summed E-state index contributed by atoms with van der Waals surface area (Å²) in [5.74, 6) is 0.995. The van der Waals surface area contributed by atoms with Crippen LogP contribution in [-0.4, -0.2) is 75.3 Å². The lowest BCUT2D eigenvalue weighted by atomic mass is 9.91. The number of aromatic amines is 1. The third kappa shape index (κ3) is 4.08. The molecule has 1 aromatic carbocycles. The number of anilines is 1. The molecular weight excluding hydrogens is 436 g/mol. The Balaban J connectivity index is 1.38. The molecule has 11 heteroatoms. The van der Waals surface area contributed by atoms with E-state index in [1.54, 1.807) is 22.7 Å². The monoisotopic (exact) mass is 464 g/mol. The average Bonchev–Trinajstić information content (AvgIpc) is 3.34. The summed E-state index contributed by atoms with van der Waals surface area (Å²) < 4.78 is 1.72. The number of aromatic nitrogens is 6. The van der Waals surface area contributed by atoms with Crippen molar-refractivity contribution in [2.45, 2.75) is 50.9 Å². The number of benzene rings is 1. The van der Waals surface area contributed by atoms with Gasteiger partial charge in [0.2, 0.25) is 5.91 Å². The van der Waals surface area contributed by atoms with E-state index in [0.29, 0.717) is 17.6 Å². The number of imidazole rings is 2. The van der Waals surface area contributed by atoms with Gasteiger partial charge < -0.3 is 30.4 Å². The second-order valence-corrected chi connectivity index (χ2v) is 9.29. The van der Waals surface area contributed by atoms with E-state index in [-0.39, 0.29) is 37.7 Å². The summed E-state index contributed by atoms with van der Waals surface area (Å²) >= 11 is 0. The smallest absolute Gasteiger partial charge is 0.223 e. The number of nitrogens with one attached hydrogen (secondary N) is 1. The summed E-state index contributed by atoms with van der Waals surface area (Å²) in [6, 6.07) is 5.36. The van der Waals surface area contributed by atoms with Gasteiger partial charge in [0, 0.05) is 25.9 Å². The molecule has 1 amide bonds. The summed E-state index contributed by atoms with van der Waals surface area (Å²) in [5.41, 5.74) is 8.40. The zero-order valence-corrected chi connectivity index (χ0v) is 19.1. The van der Waals surface area contributed by atoms with Gasteiger partial charge in [-0.15, -0.1) is 0 Å². The number of β-amino-alcohol motifs (C(OH)–C–C–N with tert-alkyl or cyclic N) is 1. The number of aryl methyl sites for hydroxylation is 2. The van der Waals surface area contributed by atoms with E-state index in [9.17, 15) is 15.0 Å². The van der Waals surface area contributed by atoms with E-state index in [2.05, 4.69) is 24.9 Å². The Morgan fingerprint density at radius 1 is 1.29 bits per heavy atom. The highest BCUT2D eigenvalue weighted by Gasteiger charge is 2.42. The van der Waals surface area contributed by atoms with E-state index in [0.717, 1.165) is 22.4 Å². The predicted molar refractivity (Wildman–Crippen MR) is 126 cm³/mol. The Hall–Kier alpha value is -3.57. The standard InChI is InChI=1S/C23H28N8O3/c1-13-28-16-5-3-14(7-17(16)29-13)4-6-19(33)30-9-15(32)8-23(2,34)18(10-30)31-12-27-20-21(24)25-11-26-22(20)31/h3,5,7,11-12,15,18,32,34H,4,6,8-10H2,1-2H3,(H,28,29)(H2,24,25,26)/t15-,18+,23+/m1/s1. The number of rotatable bonds is 4. The van der Waals surface area contributed by atoms with Crippen LogP contribution < -0.4 is 5.73 Å². The molecule has 1 aliphatic rings. The fraction of sp³-hybridized carbons (Fsp3) is 0.435. The van der Waals surface area contributed by atoms with Crippen LogP contribution in [0.5, 0.6) is 0 Å². The maximum atomic E-state index is 13.2. The molecule has 34 heavy (non-hydrogen) atoms. The number of aliphatic hydroxyl groups excluding tert-OH is 1. The van der Waals surface area contributed by atoms with Gasteiger partial charge in [-0.2, -0.15) is 0 Å². The van der Waals surface area contributed by atoms with Crippen LogP contribution in [0.3, 0.4) is 0 Å². The lowest BCUT2D eigenvalue weighted by Gasteiger charge is -2.34. The molecule has 4 heterocycles. The minimum atomic E-state index is -1.30. The van der Waals surface area contributed by atoms with Crippen molar-refractivity contribution in [2.75, 3.05) is 18.8 Å². The van der Waals surface area contributed by atoms with Crippen LogP contribution in [0.1, 0.15) is 37.2 Å². The molecule has 0 radical (unpaired) electrons. The Morgan fingerprint density at radius 3 is 2.94 bits per heavy atom. The number of H-pyrrole nitrogens is 1. The number of nitrogen functional groups attached to an aromatic ring is 1. The number of hydrogen-bond donors (Lipinski definition) is 4. The van der Waals surface area contributed by atoms with Crippen LogP contribution in [-0.2, 0) is 11.2 Å². The second kappa shape index (κ2) is 8.33. The molecule has 3 aromatic heterocycles. The van der Waals surface area contributed by atoms with Crippen molar-refractivity contribution in [1.82, 2.24) is 34.4 Å². The number of amides is 1. The van der Waals surface area contributed by atoms with Crippen molar-refractivity contribution < 1.29 is 15.0 Å². The topological polar surface area (TPSA) is 159 Å². The zero-order chi connectivity index (χ0) is 24.0. The van der Waals surface area contributed by atoms with Crippen LogP contribution in [0.2, 0.25) is 0 Å². The van der Waals surface area contributed by atoms with E-state index in [1.165, 1.54) is 6.33 Å². The lowest BCUT2D eigenvalue weighted by molar-refractivity contribution is -0.132. The molecule has 0 bridgehead atoms. The first-order valence-corrected chi connectivity index (χ1v) is 11.3. The summed E-state index contributed by atoms with van der Waals surface area (Å²) in [6.07, 6.45) is 2.98. The predicted octanol–water partition coefficient (Wildman–Crippen LogP) is 1.11. The van der Waals surface area contributed by atoms with Crippen molar-refractivity contribution in [2.24, 2.45) is 0 Å². The number of hydrogen-bond acceptors (Lipinski definition) is 8. The lowest BCUT2D eigenvalue weighted by Crippen LogP contribution is -2.42. The van der Waals surface area contributed by atoms with Gasteiger partial charge >= 0.3 is 0 Å². The third-order valence-electron chi connectivity index (χ3n) is 6.56. The maximum absolute atomic E-state index is 13.2. The minimum Gasteiger partial charge on any atom is -0.391 e. The maximum Gasteiger partial charge on any atom is 0.223 e. The van der Waals surface area contributed by atoms with Crippen LogP contribution in [0, 0.1) is 6.92 Å². The third-order valence-corrected chi connectivity index (χ3v) is 6.56. The van der Waals surface area contributed by atoms with Gasteiger partial charge in [-0.05, 0) is 38.0 Å². The molecule has 5 rings (SSSR count). The highest BCUT2D eigenvalue weighted by atomic mass is 16.3.